The van der Waals surface area contributed by atoms with Crippen molar-refractivity contribution in [2.75, 3.05) is 13.6 Å². The smallest absolute Gasteiger partial charge is 0.225 e. The molecule has 62 valence electrons. The minimum atomic E-state index is 0.397. The molecule has 0 spiro atoms. The Kier molecular flexibility index (Phi) is 1.63. The van der Waals surface area contributed by atoms with Crippen LogP contribution in [0.15, 0.2) is 0 Å². The van der Waals surface area contributed by atoms with E-state index < -0.39 is 0 Å². The molecule has 2 aliphatic rings. The van der Waals surface area contributed by atoms with Crippen molar-refractivity contribution < 1.29 is 4.79 Å². The Morgan fingerprint density at radius 1 is 1.36 bits per heavy atom. The molecule has 2 rings (SSSR count). The number of hydrogen-bond acceptors (Lipinski definition) is 1. The van der Waals surface area contributed by atoms with E-state index in [-0.39, 0.29) is 0 Å². The first-order valence-corrected chi connectivity index (χ1v) is 4.54. The monoisotopic (exact) mass is 153 g/mol. The van der Waals surface area contributed by atoms with Crippen LogP contribution in [0.2, 0.25) is 0 Å². The van der Waals surface area contributed by atoms with Crippen molar-refractivity contribution in [2.45, 2.75) is 25.7 Å². The number of likely N-dealkylation sites (tertiary alicyclic amines) is 1. The highest BCUT2D eigenvalue weighted by Crippen LogP contribution is 2.35. The van der Waals surface area contributed by atoms with Crippen LogP contribution >= 0.6 is 0 Å². The van der Waals surface area contributed by atoms with Gasteiger partial charge in [0.05, 0.1) is 0 Å². The Labute approximate surface area is 67.6 Å². The lowest BCUT2D eigenvalue weighted by Crippen LogP contribution is -2.23. The van der Waals surface area contributed by atoms with Crippen LogP contribution in [0.3, 0.4) is 0 Å². The molecule has 0 unspecified atom stereocenters. The number of carbonyl (C=O) groups is 1. The quantitative estimate of drug-likeness (QED) is 0.513. The summed E-state index contributed by atoms with van der Waals surface area (Å²) in [5.74, 6) is 1.49. The molecule has 1 heterocycles. The number of hydrogen-bond donors (Lipinski definition) is 0. The fraction of sp³-hybridized carbons (Fsp3) is 0.889. The van der Waals surface area contributed by atoms with Crippen molar-refractivity contribution in [2.24, 2.45) is 11.8 Å². The lowest BCUT2D eigenvalue weighted by Gasteiger charge is -2.21. The SMILES string of the molecule is CN1C[C@@H]2CCCC[C@@H]2C1=O. The van der Waals surface area contributed by atoms with E-state index in [0.29, 0.717) is 17.7 Å². The van der Waals surface area contributed by atoms with E-state index in [9.17, 15) is 4.79 Å². The number of amides is 1. The molecular formula is C9H15NO. The van der Waals surface area contributed by atoms with E-state index in [4.69, 9.17) is 0 Å². The highest BCUT2D eigenvalue weighted by molar-refractivity contribution is 5.81. The van der Waals surface area contributed by atoms with Crippen molar-refractivity contribution in [3.63, 3.8) is 0 Å². The van der Waals surface area contributed by atoms with Gasteiger partial charge < -0.3 is 4.90 Å². The normalized spacial score (nSPS) is 37.5. The minimum absolute atomic E-state index is 0.397. The highest BCUT2D eigenvalue weighted by Gasteiger charge is 2.39. The summed E-state index contributed by atoms with van der Waals surface area (Å²) in [7, 11) is 1.93. The summed E-state index contributed by atoms with van der Waals surface area (Å²) in [6.07, 6.45) is 5.03. The molecule has 0 aromatic heterocycles. The first-order valence-electron chi connectivity index (χ1n) is 4.54. The van der Waals surface area contributed by atoms with Crippen LogP contribution in [0.25, 0.3) is 0 Å². The molecule has 1 saturated heterocycles. The Morgan fingerprint density at radius 3 is 2.82 bits per heavy atom. The number of fused-ring (bicyclic) bond motifs is 1. The van der Waals surface area contributed by atoms with Crippen LogP contribution in [0, 0.1) is 11.8 Å². The van der Waals surface area contributed by atoms with Gasteiger partial charge in [-0.05, 0) is 18.8 Å². The van der Waals surface area contributed by atoms with Crippen LogP contribution in [0.1, 0.15) is 25.7 Å². The Morgan fingerprint density at radius 2 is 2.09 bits per heavy atom. The standard InChI is InChI=1S/C9H15NO/c1-10-6-7-4-2-3-5-8(7)9(10)11/h7-8H,2-6H2,1H3/t7-,8-/m0/s1. The molecule has 0 bridgehead atoms. The predicted molar refractivity (Wildman–Crippen MR) is 43.1 cm³/mol. The zero-order valence-electron chi connectivity index (χ0n) is 7.05. The first kappa shape index (κ1) is 7.14. The number of nitrogens with zero attached hydrogens (tertiary/aromatic N) is 1. The summed E-state index contributed by atoms with van der Waals surface area (Å²) in [6.45, 7) is 1.02. The van der Waals surface area contributed by atoms with Crippen LogP contribution in [-0.2, 0) is 4.79 Å². The molecule has 2 fully saturated rings. The third kappa shape index (κ3) is 1.05. The van der Waals surface area contributed by atoms with Gasteiger partial charge in [0.1, 0.15) is 0 Å². The second-order valence-corrected chi connectivity index (χ2v) is 3.87. The van der Waals surface area contributed by atoms with Gasteiger partial charge in [-0.15, -0.1) is 0 Å². The van der Waals surface area contributed by atoms with Gasteiger partial charge in [-0.3, -0.25) is 4.79 Å². The summed E-state index contributed by atoms with van der Waals surface area (Å²) in [4.78, 5) is 13.4. The zero-order chi connectivity index (χ0) is 7.84. The molecule has 0 radical (unpaired) electrons. The van der Waals surface area contributed by atoms with Gasteiger partial charge >= 0.3 is 0 Å². The van der Waals surface area contributed by atoms with Crippen LogP contribution in [0.4, 0.5) is 0 Å². The van der Waals surface area contributed by atoms with E-state index in [1.54, 1.807) is 0 Å². The van der Waals surface area contributed by atoms with Gasteiger partial charge in [0.15, 0.2) is 0 Å². The van der Waals surface area contributed by atoms with Crippen LogP contribution in [0.5, 0.6) is 0 Å². The largest absolute Gasteiger partial charge is 0.345 e. The summed E-state index contributed by atoms with van der Waals surface area (Å²) in [5.41, 5.74) is 0. The van der Waals surface area contributed by atoms with Crippen molar-refractivity contribution in [1.82, 2.24) is 4.90 Å². The number of carbonyl (C=O) groups excluding carboxylic acids is 1. The summed E-state index contributed by atoms with van der Waals surface area (Å²) in [6, 6.07) is 0. The summed E-state index contributed by atoms with van der Waals surface area (Å²) < 4.78 is 0. The van der Waals surface area contributed by atoms with Gasteiger partial charge in [0.2, 0.25) is 5.91 Å². The molecule has 1 aliphatic carbocycles. The molecule has 1 amide bonds. The fourth-order valence-electron chi connectivity index (χ4n) is 2.48. The molecule has 1 aliphatic heterocycles. The lowest BCUT2D eigenvalue weighted by molar-refractivity contribution is -0.130. The Hall–Kier alpha value is -0.530. The molecule has 0 aromatic carbocycles. The third-order valence-corrected chi connectivity index (χ3v) is 3.11. The molecule has 2 nitrogen and oxygen atoms in total. The first-order chi connectivity index (χ1) is 5.29. The third-order valence-electron chi connectivity index (χ3n) is 3.11. The van der Waals surface area contributed by atoms with Gasteiger partial charge in [-0.25, -0.2) is 0 Å². The highest BCUT2D eigenvalue weighted by atomic mass is 16.2. The van der Waals surface area contributed by atoms with Crippen molar-refractivity contribution in [3.8, 4) is 0 Å². The van der Waals surface area contributed by atoms with Crippen molar-refractivity contribution >= 4 is 5.91 Å². The van der Waals surface area contributed by atoms with Crippen LogP contribution < -0.4 is 0 Å². The second kappa shape index (κ2) is 2.50. The lowest BCUT2D eigenvalue weighted by atomic mass is 9.81. The second-order valence-electron chi connectivity index (χ2n) is 3.87. The van der Waals surface area contributed by atoms with E-state index in [1.165, 1.54) is 19.3 Å². The van der Waals surface area contributed by atoms with Gasteiger partial charge in [-0.1, -0.05) is 12.8 Å². The van der Waals surface area contributed by atoms with Gasteiger partial charge in [-0.2, -0.15) is 0 Å². The van der Waals surface area contributed by atoms with Gasteiger partial charge in [0, 0.05) is 19.5 Å². The Bertz CT molecular complexity index is 178. The minimum Gasteiger partial charge on any atom is -0.345 e. The fourth-order valence-corrected chi connectivity index (χ4v) is 2.48. The van der Waals surface area contributed by atoms with Crippen molar-refractivity contribution in [3.05, 3.63) is 0 Å². The number of rotatable bonds is 0. The topological polar surface area (TPSA) is 20.3 Å². The molecular weight excluding hydrogens is 138 g/mol. The molecule has 0 aromatic rings. The molecule has 2 heteroatoms. The molecule has 11 heavy (non-hydrogen) atoms. The molecule has 1 saturated carbocycles. The van der Waals surface area contributed by atoms with E-state index in [0.717, 1.165) is 13.0 Å². The maximum atomic E-state index is 11.5. The van der Waals surface area contributed by atoms with Crippen molar-refractivity contribution in [1.29, 1.82) is 0 Å². The predicted octanol–water partition coefficient (Wildman–Crippen LogP) is 1.26. The molecule has 2 atom stereocenters. The van der Waals surface area contributed by atoms with E-state index >= 15 is 0 Å². The zero-order valence-corrected chi connectivity index (χ0v) is 7.05. The van der Waals surface area contributed by atoms with Gasteiger partial charge in [0.25, 0.3) is 0 Å². The average molecular weight is 153 g/mol. The van der Waals surface area contributed by atoms with Crippen LogP contribution in [-0.4, -0.2) is 24.4 Å². The Balaban J connectivity index is 2.11. The molecule has 0 N–H and O–H groups in total. The van der Waals surface area contributed by atoms with E-state index in [1.807, 2.05) is 11.9 Å². The summed E-state index contributed by atoms with van der Waals surface area (Å²) in [5, 5.41) is 0. The van der Waals surface area contributed by atoms with E-state index in [2.05, 4.69) is 0 Å². The summed E-state index contributed by atoms with van der Waals surface area (Å²) >= 11 is 0. The maximum Gasteiger partial charge on any atom is 0.225 e. The average Bonchev–Trinajstić information content (AvgIpc) is 2.30. The maximum absolute atomic E-state index is 11.5.